The molecule has 11 heteroatoms. The van der Waals surface area contributed by atoms with Gasteiger partial charge < -0.3 is 20.5 Å². The number of aromatic nitrogens is 2. The minimum atomic E-state index is -3.10. The van der Waals surface area contributed by atoms with Gasteiger partial charge in [0.05, 0.1) is 19.0 Å². The highest BCUT2D eigenvalue weighted by atomic mass is 19.3. The van der Waals surface area contributed by atoms with Crippen molar-refractivity contribution in [2.45, 2.75) is 12.0 Å². The molecule has 1 aromatic carbocycles. The normalized spacial score (nSPS) is 18.4. The molecular weight excluding hydrogens is 403 g/mol. The van der Waals surface area contributed by atoms with Crippen molar-refractivity contribution in [2.24, 2.45) is 10.7 Å². The van der Waals surface area contributed by atoms with Crippen LogP contribution in [0.15, 0.2) is 35.6 Å². The molecule has 0 aliphatic carbocycles. The first-order chi connectivity index (χ1) is 14.4. The van der Waals surface area contributed by atoms with E-state index in [1.54, 1.807) is 0 Å². The van der Waals surface area contributed by atoms with Gasteiger partial charge in [-0.3, -0.25) is 9.79 Å². The van der Waals surface area contributed by atoms with E-state index in [-0.39, 0.29) is 36.3 Å². The van der Waals surface area contributed by atoms with E-state index in [2.05, 4.69) is 26.2 Å². The SMILES string of the molecule is C#CCOc1cnc(C(=O)Nc2ccc(F)c([C@]3(C(F)F)COCC(N)=N3)c2)cn1. The summed E-state index contributed by atoms with van der Waals surface area (Å²) in [4.78, 5) is 23.9. The predicted molar refractivity (Wildman–Crippen MR) is 101 cm³/mol. The van der Waals surface area contributed by atoms with Crippen LogP contribution >= 0.6 is 0 Å². The maximum absolute atomic E-state index is 14.4. The van der Waals surface area contributed by atoms with Gasteiger partial charge in [0.2, 0.25) is 5.88 Å². The molecule has 2 heterocycles. The number of ether oxygens (including phenoxy) is 2. The van der Waals surface area contributed by atoms with Crippen LogP contribution in [-0.2, 0) is 10.3 Å². The minimum Gasteiger partial charge on any atom is -0.463 e. The van der Waals surface area contributed by atoms with Crippen LogP contribution < -0.4 is 15.8 Å². The Labute approximate surface area is 169 Å². The Hall–Kier alpha value is -3.65. The van der Waals surface area contributed by atoms with E-state index in [1.807, 2.05) is 0 Å². The molecule has 0 spiro atoms. The zero-order valence-corrected chi connectivity index (χ0v) is 15.4. The molecule has 0 saturated carbocycles. The van der Waals surface area contributed by atoms with E-state index < -0.39 is 35.9 Å². The molecule has 1 aromatic heterocycles. The van der Waals surface area contributed by atoms with Crippen molar-refractivity contribution in [3.8, 4) is 18.2 Å². The number of amides is 1. The first kappa shape index (κ1) is 21.1. The Morgan fingerprint density at radius 3 is 2.83 bits per heavy atom. The second kappa shape index (κ2) is 8.79. The fraction of sp³-hybridized carbons (Fsp3) is 0.263. The van der Waals surface area contributed by atoms with Crippen molar-refractivity contribution < 1.29 is 27.4 Å². The van der Waals surface area contributed by atoms with Crippen LogP contribution in [0.4, 0.5) is 18.9 Å². The second-order valence-corrected chi connectivity index (χ2v) is 6.20. The van der Waals surface area contributed by atoms with Crippen LogP contribution in [0.25, 0.3) is 0 Å². The van der Waals surface area contributed by atoms with Crippen molar-refractivity contribution >= 4 is 17.4 Å². The number of carbonyl (C=O) groups is 1. The number of hydrogen-bond acceptors (Lipinski definition) is 7. The lowest BCUT2D eigenvalue weighted by atomic mass is 9.90. The average Bonchev–Trinajstić information content (AvgIpc) is 2.73. The number of anilines is 1. The first-order valence-electron chi connectivity index (χ1n) is 8.55. The topological polar surface area (TPSA) is 112 Å². The summed E-state index contributed by atoms with van der Waals surface area (Å²) in [5.74, 6) is 0.564. The third-order valence-corrected chi connectivity index (χ3v) is 4.13. The van der Waals surface area contributed by atoms with Crippen LogP contribution in [0, 0.1) is 18.2 Å². The number of aliphatic imine (C=N–C) groups is 1. The molecule has 156 valence electrons. The number of benzene rings is 1. The number of nitrogens with one attached hydrogen (secondary N) is 1. The molecular formula is C19H16F3N5O3. The average molecular weight is 419 g/mol. The van der Waals surface area contributed by atoms with Gasteiger partial charge in [-0.2, -0.15) is 0 Å². The minimum absolute atomic E-state index is 0.0127. The zero-order chi connectivity index (χ0) is 21.7. The Bertz CT molecular complexity index is 1010. The maximum Gasteiger partial charge on any atom is 0.275 e. The fourth-order valence-corrected chi connectivity index (χ4v) is 2.75. The Balaban J connectivity index is 1.85. The Kier molecular flexibility index (Phi) is 6.17. The van der Waals surface area contributed by atoms with Gasteiger partial charge in [0.25, 0.3) is 12.3 Å². The van der Waals surface area contributed by atoms with Gasteiger partial charge in [-0.25, -0.2) is 23.1 Å². The summed E-state index contributed by atoms with van der Waals surface area (Å²) in [6.07, 6.45) is 4.31. The van der Waals surface area contributed by atoms with Gasteiger partial charge in [0.1, 0.15) is 24.0 Å². The van der Waals surface area contributed by atoms with Crippen molar-refractivity contribution in [1.29, 1.82) is 0 Å². The van der Waals surface area contributed by atoms with Gasteiger partial charge in [0.15, 0.2) is 12.1 Å². The lowest BCUT2D eigenvalue weighted by molar-refractivity contribution is -0.0145. The zero-order valence-electron chi connectivity index (χ0n) is 15.4. The highest BCUT2D eigenvalue weighted by molar-refractivity contribution is 6.02. The van der Waals surface area contributed by atoms with Gasteiger partial charge in [-0.1, -0.05) is 5.92 Å². The van der Waals surface area contributed by atoms with E-state index in [0.717, 1.165) is 18.3 Å². The van der Waals surface area contributed by atoms with Gasteiger partial charge >= 0.3 is 0 Å². The lowest BCUT2D eigenvalue weighted by Crippen LogP contribution is -2.45. The van der Waals surface area contributed by atoms with Crippen LogP contribution in [-0.4, -0.2) is 48.0 Å². The standard InChI is InChI=1S/C19H16F3N5O3/c1-2-5-30-16-8-24-14(7-25-16)17(28)26-11-3-4-13(20)12(6-11)19(18(21)22)10-29-9-15(23)27-19/h1,3-4,6-8,18H,5,9-10H2,(H2,23,27)(H,26,28)/t19-/m0/s1. The van der Waals surface area contributed by atoms with Crippen molar-refractivity contribution in [3.63, 3.8) is 0 Å². The number of nitrogens with two attached hydrogens (primary N) is 1. The molecule has 3 N–H and O–H groups in total. The molecule has 2 aromatic rings. The molecule has 1 amide bonds. The number of hydrogen-bond donors (Lipinski definition) is 2. The molecule has 0 radical (unpaired) electrons. The molecule has 0 unspecified atom stereocenters. The summed E-state index contributed by atoms with van der Waals surface area (Å²) in [5.41, 5.74) is 2.73. The molecule has 0 fully saturated rings. The molecule has 30 heavy (non-hydrogen) atoms. The highest BCUT2D eigenvalue weighted by Crippen LogP contribution is 2.38. The van der Waals surface area contributed by atoms with E-state index in [0.29, 0.717) is 0 Å². The van der Waals surface area contributed by atoms with Crippen LogP contribution in [0.3, 0.4) is 0 Å². The number of carbonyl (C=O) groups excluding carboxylic acids is 1. The largest absolute Gasteiger partial charge is 0.463 e. The highest BCUT2D eigenvalue weighted by Gasteiger charge is 2.46. The van der Waals surface area contributed by atoms with Crippen LogP contribution in [0.2, 0.25) is 0 Å². The lowest BCUT2D eigenvalue weighted by Gasteiger charge is -2.33. The fourth-order valence-electron chi connectivity index (χ4n) is 2.75. The molecule has 1 aliphatic heterocycles. The van der Waals surface area contributed by atoms with E-state index >= 15 is 0 Å². The van der Waals surface area contributed by atoms with Crippen LogP contribution in [0.1, 0.15) is 16.1 Å². The van der Waals surface area contributed by atoms with Gasteiger partial charge in [-0.05, 0) is 18.2 Å². The number of alkyl halides is 2. The molecule has 1 atom stereocenters. The molecule has 0 bridgehead atoms. The quantitative estimate of drug-likeness (QED) is 0.690. The summed E-state index contributed by atoms with van der Waals surface area (Å²) >= 11 is 0. The van der Waals surface area contributed by atoms with Crippen molar-refractivity contribution in [3.05, 3.63) is 47.7 Å². The summed E-state index contributed by atoms with van der Waals surface area (Å²) < 4.78 is 52.3. The maximum atomic E-state index is 14.4. The Morgan fingerprint density at radius 1 is 1.40 bits per heavy atom. The molecule has 3 rings (SSSR count). The molecule has 1 aliphatic rings. The summed E-state index contributed by atoms with van der Waals surface area (Å²) in [7, 11) is 0. The monoisotopic (exact) mass is 419 g/mol. The predicted octanol–water partition coefficient (Wildman–Crippen LogP) is 1.73. The third-order valence-electron chi connectivity index (χ3n) is 4.13. The summed E-state index contributed by atoms with van der Waals surface area (Å²) in [6, 6.07) is 3.21. The van der Waals surface area contributed by atoms with E-state index in [9.17, 15) is 18.0 Å². The van der Waals surface area contributed by atoms with Gasteiger partial charge in [-0.15, -0.1) is 6.42 Å². The van der Waals surface area contributed by atoms with Crippen molar-refractivity contribution in [2.75, 3.05) is 25.1 Å². The van der Waals surface area contributed by atoms with E-state index in [4.69, 9.17) is 21.6 Å². The first-order valence-corrected chi connectivity index (χ1v) is 8.55. The van der Waals surface area contributed by atoms with Crippen molar-refractivity contribution in [1.82, 2.24) is 9.97 Å². The smallest absolute Gasteiger partial charge is 0.275 e. The second-order valence-electron chi connectivity index (χ2n) is 6.20. The van der Waals surface area contributed by atoms with E-state index in [1.165, 1.54) is 12.3 Å². The van der Waals surface area contributed by atoms with Gasteiger partial charge in [0, 0.05) is 11.3 Å². The third kappa shape index (κ3) is 4.33. The van der Waals surface area contributed by atoms with Crippen LogP contribution in [0.5, 0.6) is 5.88 Å². The number of amidine groups is 1. The number of terminal acetylenes is 1. The Morgan fingerprint density at radius 2 is 2.20 bits per heavy atom. The number of nitrogens with zero attached hydrogens (tertiary/aromatic N) is 3. The molecule has 0 saturated heterocycles. The number of rotatable bonds is 6. The summed E-state index contributed by atoms with van der Waals surface area (Å²) in [6.45, 7) is -0.711. The molecule has 8 nitrogen and oxygen atoms in total. The summed E-state index contributed by atoms with van der Waals surface area (Å²) in [5, 5.41) is 2.45. The number of halogens is 3.